The molecule has 1 aromatic heterocycles. The Morgan fingerprint density at radius 1 is 0.788 bits per heavy atom. The molecule has 0 aliphatic carbocycles. The van der Waals surface area contributed by atoms with Gasteiger partial charge in [-0.3, -0.25) is 9.59 Å². The zero-order valence-electron chi connectivity index (χ0n) is 18.9. The minimum atomic E-state index is -0.366. The van der Waals surface area contributed by atoms with Crippen LogP contribution in [-0.4, -0.2) is 39.2 Å². The van der Waals surface area contributed by atoms with E-state index in [1.54, 1.807) is 42.5 Å². The standard InChI is InChI=1S/C24H26N2O6S/c1-5-31-19-14-17(26-24(28)22-8-7-11-33-22)20(32-6-2)13-16(19)25-23(27)15-9-10-18(29-3)21(12-15)30-4/h7-14H,5-6H2,1-4H3,(H,25,27)(H,26,28). The summed E-state index contributed by atoms with van der Waals surface area (Å²) in [7, 11) is 3.03. The lowest BCUT2D eigenvalue weighted by Crippen LogP contribution is -2.15. The van der Waals surface area contributed by atoms with Gasteiger partial charge in [0.15, 0.2) is 11.5 Å². The number of methoxy groups -OCH3 is 2. The Balaban J connectivity index is 1.92. The summed E-state index contributed by atoms with van der Waals surface area (Å²) in [4.78, 5) is 26.1. The van der Waals surface area contributed by atoms with Gasteiger partial charge in [0.1, 0.15) is 11.5 Å². The Bertz CT molecular complexity index is 1110. The van der Waals surface area contributed by atoms with Gasteiger partial charge in [0.05, 0.1) is 43.7 Å². The molecule has 0 spiro atoms. The van der Waals surface area contributed by atoms with Crippen molar-refractivity contribution >= 4 is 34.5 Å². The molecule has 0 radical (unpaired) electrons. The van der Waals surface area contributed by atoms with Gasteiger partial charge in [-0.1, -0.05) is 6.07 Å². The largest absolute Gasteiger partial charge is 0.493 e. The van der Waals surface area contributed by atoms with Crippen LogP contribution in [0.25, 0.3) is 0 Å². The Kier molecular flexibility index (Phi) is 8.15. The van der Waals surface area contributed by atoms with Gasteiger partial charge in [0, 0.05) is 17.7 Å². The zero-order chi connectivity index (χ0) is 23.8. The molecule has 3 aromatic rings. The van der Waals surface area contributed by atoms with E-state index in [0.29, 0.717) is 58.0 Å². The van der Waals surface area contributed by atoms with Gasteiger partial charge in [-0.25, -0.2) is 0 Å². The normalized spacial score (nSPS) is 10.3. The number of hydrogen-bond donors (Lipinski definition) is 2. The van der Waals surface area contributed by atoms with E-state index >= 15 is 0 Å². The van der Waals surface area contributed by atoms with Crippen molar-refractivity contribution in [3.05, 3.63) is 58.3 Å². The summed E-state index contributed by atoms with van der Waals surface area (Å²) < 4.78 is 22.0. The van der Waals surface area contributed by atoms with Gasteiger partial charge in [0.2, 0.25) is 0 Å². The molecule has 2 N–H and O–H groups in total. The first-order valence-corrected chi connectivity index (χ1v) is 11.2. The quantitative estimate of drug-likeness (QED) is 0.430. The smallest absolute Gasteiger partial charge is 0.265 e. The minimum Gasteiger partial charge on any atom is -0.493 e. The predicted octanol–water partition coefficient (Wildman–Crippen LogP) is 5.07. The summed E-state index contributed by atoms with van der Waals surface area (Å²) in [6, 6.07) is 11.7. The fourth-order valence-electron chi connectivity index (χ4n) is 3.07. The van der Waals surface area contributed by atoms with Crippen LogP contribution in [0.5, 0.6) is 23.0 Å². The van der Waals surface area contributed by atoms with Crippen LogP contribution in [0, 0.1) is 0 Å². The van der Waals surface area contributed by atoms with Gasteiger partial charge in [-0.15, -0.1) is 11.3 Å². The average molecular weight is 471 g/mol. The first kappa shape index (κ1) is 23.9. The van der Waals surface area contributed by atoms with E-state index < -0.39 is 0 Å². The Morgan fingerprint density at radius 2 is 1.39 bits per heavy atom. The molecule has 0 aliphatic heterocycles. The lowest BCUT2D eigenvalue weighted by atomic mass is 10.1. The maximum Gasteiger partial charge on any atom is 0.265 e. The van der Waals surface area contributed by atoms with E-state index in [9.17, 15) is 9.59 Å². The van der Waals surface area contributed by atoms with Crippen LogP contribution >= 0.6 is 11.3 Å². The first-order valence-electron chi connectivity index (χ1n) is 10.3. The van der Waals surface area contributed by atoms with Gasteiger partial charge < -0.3 is 29.6 Å². The number of carbonyl (C=O) groups excluding carboxylic acids is 2. The Morgan fingerprint density at radius 3 is 1.91 bits per heavy atom. The van der Waals surface area contributed by atoms with Crippen LogP contribution in [-0.2, 0) is 0 Å². The van der Waals surface area contributed by atoms with Gasteiger partial charge >= 0.3 is 0 Å². The molecule has 8 nitrogen and oxygen atoms in total. The van der Waals surface area contributed by atoms with Crippen molar-refractivity contribution in [3.8, 4) is 23.0 Å². The van der Waals surface area contributed by atoms with Gasteiger partial charge in [-0.05, 0) is 43.5 Å². The van der Waals surface area contributed by atoms with Crippen molar-refractivity contribution in [2.45, 2.75) is 13.8 Å². The van der Waals surface area contributed by atoms with Gasteiger partial charge in [-0.2, -0.15) is 0 Å². The van der Waals surface area contributed by atoms with Crippen molar-refractivity contribution in [1.29, 1.82) is 0 Å². The van der Waals surface area contributed by atoms with E-state index in [2.05, 4.69) is 10.6 Å². The monoisotopic (exact) mass is 470 g/mol. The summed E-state index contributed by atoms with van der Waals surface area (Å²) >= 11 is 1.34. The number of benzene rings is 2. The average Bonchev–Trinajstić information content (AvgIpc) is 3.36. The number of nitrogens with one attached hydrogen (secondary N) is 2. The molecule has 2 amide bonds. The predicted molar refractivity (Wildman–Crippen MR) is 129 cm³/mol. The molecular formula is C24H26N2O6S. The van der Waals surface area contributed by atoms with Crippen molar-refractivity contribution in [3.63, 3.8) is 0 Å². The number of anilines is 2. The number of thiophene rings is 1. The highest BCUT2D eigenvalue weighted by Gasteiger charge is 2.18. The highest BCUT2D eigenvalue weighted by molar-refractivity contribution is 7.12. The third kappa shape index (κ3) is 5.75. The number of carbonyl (C=O) groups is 2. The lowest BCUT2D eigenvalue weighted by molar-refractivity contribution is 0.101. The second-order valence-corrected chi connectivity index (χ2v) is 7.61. The highest BCUT2D eigenvalue weighted by Crippen LogP contribution is 2.38. The molecule has 2 aromatic carbocycles. The summed E-state index contributed by atoms with van der Waals surface area (Å²) in [5.74, 6) is 1.15. The minimum absolute atomic E-state index is 0.254. The van der Waals surface area contributed by atoms with Crippen molar-refractivity contribution in [1.82, 2.24) is 0 Å². The van der Waals surface area contributed by atoms with Crippen LogP contribution in [0.15, 0.2) is 47.8 Å². The Hall–Kier alpha value is -3.72. The molecule has 33 heavy (non-hydrogen) atoms. The fraction of sp³-hybridized carbons (Fsp3) is 0.250. The molecule has 0 atom stereocenters. The van der Waals surface area contributed by atoms with Crippen molar-refractivity contribution < 1.29 is 28.5 Å². The van der Waals surface area contributed by atoms with Crippen molar-refractivity contribution in [2.75, 3.05) is 38.1 Å². The molecule has 0 fully saturated rings. The van der Waals surface area contributed by atoms with Gasteiger partial charge in [0.25, 0.3) is 11.8 Å². The number of rotatable bonds is 10. The highest BCUT2D eigenvalue weighted by atomic mass is 32.1. The molecular weight excluding hydrogens is 444 g/mol. The third-order valence-electron chi connectivity index (χ3n) is 4.57. The first-order chi connectivity index (χ1) is 16.0. The van der Waals surface area contributed by atoms with Crippen molar-refractivity contribution in [2.24, 2.45) is 0 Å². The van der Waals surface area contributed by atoms with E-state index in [0.717, 1.165) is 0 Å². The topological polar surface area (TPSA) is 95.1 Å². The summed E-state index contributed by atoms with van der Waals surface area (Å²) in [6.45, 7) is 4.41. The fourth-order valence-corrected chi connectivity index (χ4v) is 3.69. The van der Waals surface area contributed by atoms with Crippen LogP contribution in [0.4, 0.5) is 11.4 Å². The lowest BCUT2D eigenvalue weighted by Gasteiger charge is -2.18. The van der Waals surface area contributed by atoms with E-state index in [-0.39, 0.29) is 11.8 Å². The molecule has 0 saturated carbocycles. The zero-order valence-corrected chi connectivity index (χ0v) is 19.7. The van der Waals surface area contributed by atoms with Crippen LogP contribution in [0.2, 0.25) is 0 Å². The summed E-state index contributed by atoms with van der Waals surface area (Å²) in [5, 5.41) is 7.55. The molecule has 0 saturated heterocycles. The third-order valence-corrected chi connectivity index (χ3v) is 5.44. The van der Waals surface area contributed by atoms with E-state index in [4.69, 9.17) is 18.9 Å². The molecule has 0 bridgehead atoms. The summed E-state index contributed by atoms with van der Waals surface area (Å²) in [5.41, 5.74) is 1.24. The van der Waals surface area contributed by atoms with Crippen LogP contribution < -0.4 is 29.6 Å². The van der Waals surface area contributed by atoms with Crippen LogP contribution in [0.3, 0.4) is 0 Å². The number of ether oxygens (including phenoxy) is 4. The molecule has 3 rings (SSSR count). The van der Waals surface area contributed by atoms with Crippen LogP contribution in [0.1, 0.15) is 33.9 Å². The molecule has 0 unspecified atom stereocenters. The second-order valence-electron chi connectivity index (χ2n) is 6.67. The maximum atomic E-state index is 13.0. The molecule has 9 heteroatoms. The number of amides is 2. The van der Waals surface area contributed by atoms with E-state index in [1.807, 2.05) is 19.2 Å². The molecule has 0 aliphatic rings. The SMILES string of the molecule is CCOc1cc(NC(=O)c2cccs2)c(OCC)cc1NC(=O)c1ccc(OC)c(OC)c1. The molecule has 1 heterocycles. The Labute approximate surface area is 196 Å². The second kappa shape index (κ2) is 11.2. The summed E-state index contributed by atoms with van der Waals surface area (Å²) in [6.07, 6.45) is 0. The maximum absolute atomic E-state index is 13.0. The molecule has 174 valence electrons. The van der Waals surface area contributed by atoms with E-state index in [1.165, 1.54) is 25.6 Å². The number of hydrogen-bond acceptors (Lipinski definition) is 7.